The average molecular weight is 337 g/mol. The van der Waals surface area contributed by atoms with Crippen molar-refractivity contribution in [3.8, 4) is 0 Å². The van der Waals surface area contributed by atoms with E-state index in [1.165, 1.54) is 0 Å². The van der Waals surface area contributed by atoms with Gasteiger partial charge in [-0.1, -0.05) is 15.9 Å². The molecule has 0 aromatic heterocycles. The maximum absolute atomic E-state index is 12.2. The lowest BCUT2D eigenvalue weighted by Gasteiger charge is -2.15. The molecule has 1 atom stereocenters. The minimum atomic E-state index is -0.216. The van der Waals surface area contributed by atoms with Gasteiger partial charge in [0.1, 0.15) is 0 Å². The Labute approximate surface area is 126 Å². The molecule has 0 radical (unpaired) electrons. The van der Waals surface area contributed by atoms with Gasteiger partial charge in [-0.05, 0) is 43.5 Å². The fourth-order valence-corrected chi connectivity index (χ4v) is 2.86. The SMILES string of the molecule is Cc1cc(NC(=O)[C@H]2CC(=O)N(C3CC3)C2)ccc1Br. The van der Waals surface area contributed by atoms with E-state index < -0.39 is 0 Å². The zero-order valence-electron chi connectivity index (χ0n) is 11.4. The number of nitrogens with one attached hydrogen (secondary N) is 1. The standard InChI is InChI=1S/C15H17BrN2O2/c1-9-6-11(2-5-13(9)16)17-15(20)10-7-14(19)18(8-10)12-3-4-12/h2,5-6,10,12H,3-4,7-8H2,1H3,(H,17,20)/t10-/m0/s1. The second-order valence-electron chi connectivity index (χ2n) is 5.63. The van der Waals surface area contributed by atoms with Crippen LogP contribution in [-0.2, 0) is 9.59 Å². The Bertz CT molecular complexity index is 569. The Morgan fingerprint density at radius 3 is 2.80 bits per heavy atom. The summed E-state index contributed by atoms with van der Waals surface area (Å²) in [5, 5.41) is 2.91. The molecule has 0 unspecified atom stereocenters. The van der Waals surface area contributed by atoms with E-state index >= 15 is 0 Å². The number of halogens is 1. The molecule has 1 saturated heterocycles. The fourth-order valence-electron chi connectivity index (χ4n) is 2.61. The number of hydrogen-bond acceptors (Lipinski definition) is 2. The van der Waals surface area contributed by atoms with Crippen molar-refractivity contribution in [1.82, 2.24) is 4.90 Å². The third-order valence-corrected chi connectivity index (χ3v) is 4.83. The molecule has 1 aromatic carbocycles. The summed E-state index contributed by atoms with van der Waals surface area (Å²) in [6, 6.07) is 6.11. The first-order chi connectivity index (χ1) is 9.54. The number of amides is 2. The lowest BCUT2D eigenvalue weighted by atomic mass is 10.1. The van der Waals surface area contributed by atoms with Crippen molar-refractivity contribution in [3.05, 3.63) is 28.2 Å². The van der Waals surface area contributed by atoms with E-state index in [1.807, 2.05) is 30.0 Å². The molecule has 1 aromatic rings. The monoisotopic (exact) mass is 336 g/mol. The van der Waals surface area contributed by atoms with Gasteiger partial charge in [-0.2, -0.15) is 0 Å². The quantitative estimate of drug-likeness (QED) is 0.922. The smallest absolute Gasteiger partial charge is 0.229 e. The van der Waals surface area contributed by atoms with E-state index in [0.29, 0.717) is 19.0 Å². The number of carbonyl (C=O) groups excluding carboxylic acids is 2. The molecule has 1 N–H and O–H groups in total. The zero-order valence-corrected chi connectivity index (χ0v) is 12.9. The molecule has 20 heavy (non-hydrogen) atoms. The molecule has 1 heterocycles. The highest BCUT2D eigenvalue weighted by Crippen LogP contribution is 2.33. The molecular formula is C15H17BrN2O2. The van der Waals surface area contributed by atoms with Crippen LogP contribution in [0.1, 0.15) is 24.8 Å². The van der Waals surface area contributed by atoms with Crippen molar-refractivity contribution in [2.75, 3.05) is 11.9 Å². The molecule has 106 valence electrons. The Kier molecular flexibility index (Phi) is 3.54. The second-order valence-corrected chi connectivity index (χ2v) is 6.49. The predicted molar refractivity (Wildman–Crippen MR) is 80.4 cm³/mol. The molecule has 5 heteroatoms. The third kappa shape index (κ3) is 2.73. The summed E-state index contributed by atoms with van der Waals surface area (Å²) in [6.45, 7) is 2.55. The van der Waals surface area contributed by atoms with Crippen molar-refractivity contribution in [2.45, 2.75) is 32.2 Å². The first-order valence-electron chi connectivity index (χ1n) is 6.91. The van der Waals surface area contributed by atoms with Crippen LogP contribution in [0.15, 0.2) is 22.7 Å². The summed E-state index contributed by atoms with van der Waals surface area (Å²) in [7, 11) is 0. The van der Waals surface area contributed by atoms with E-state index in [4.69, 9.17) is 0 Å². The van der Waals surface area contributed by atoms with Gasteiger partial charge in [0.25, 0.3) is 0 Å². The van der Waals surface area contributed by atoms with Crippen molar-refractivity contribution < 1.29 is 9.59 Å². The normalized spacial score (nSPS) is 22.2. The average Bonchev–Trinajstić information content (AvgIpc) is 3.17. The first kappa shape index (κ1) is 13.6. The molecule has 3 rings (SSSR count). The minimum Gasteiger partial charge on any atom is -0.339 e. The van der Waals surface area contributed by atoms with Gasteiger partial charge in [0.05, 0.1) is 5.92 Å². The van der Waals surface area contributed by atoms with Crippen LogP contribution in [-0.4, -0.2) is 29.3 Å². The highest BCUT2D eigenvalue weighted by Gasteiger charge is 2.41. The van der Waals surface area contributed by atoms with Gasteiger partial charge in [0.15, 0.2) is 0 Å². The van der Waals surface area contributed by atoms with Crippen LogP contribution >= 0.6 is 15.9 Å². The highest BCUT2D eigenvalue weighted by molar-refractivity contribution is 9.10. The van der Waals surface area contributed by atoms with Crippen molar-refractivity contribution in [3.63, 3.8) is 0 Å². The van der Waals surface area contributed by atoms with Crippen LogP contribution < -0.4 is 5.32 Å². The number of likely N-dealkylation sites (tertiary alicyclic amines) is 1. The Morgan fingerprint density at radius 2 is 2.15 bits per heavy atom. The maximum atomic E-state index is 12.2. The topological polar surface area (TPSA) is 49.4 Å². The number of rotatable bonds is 3. The molecule has 1 saturated carbocycles. The Morgan fingerprint density at radius 1 is 1.40 bits per heavy atom. The largest absolute Gasteiger partial charge is 0.339 e. The number of aryl methyl sites for hydroxylation is 1. The van der Waals surface area contributed by atoms with E-state index in [0.717, 1.165) is 28.6 Å². The summed E-state index contributed by atoms with van der Waals surface area (Å²) >= 11 is 3.44. The van der Waals surface area contributed by atoms with Gasteiger partial charge in [-0.25, -0.2) is 0 Å². The molecule has 2 amide bonds. The molecule has 0 bridgehead atoms. The van der Waals surface area contributed by atoms with Gasteiger partial charge in [-0.15, -0.1) is 0 Å². The predicted octanol–water partition coefficient (Wildman–Crippen LogP) is 2.71. The molecule has 1 aliphatic heterocycles. The zero-order chi connectivity index (χ0) is 14.3. The van der Waals surface area contributed by atoms with Crippen molar-refractivity contribution in [2.24, 2.45) is 5.92 Å². The summed E-state index contributed by atoms with van der Waals surface area (Å²) in [4.78, 5) is 26.0. The maximum Gasteiger partial charge on any atom is 0.229 e. The van der Waals surface area contributed by atoms with E-state index in [1.54, 1.807) is 0 Å². The van der Waals surface area contributed by atoms with Gasteiger partial charge in [0, 0.05) is 29.2 Å². The fraction of sp³-hybridized carbons (Fsp3) is 0.467. The summed E-state index contributed by atoms with van der Waals surface area (Å²) < 4.78 is 1.02. The van der Waals surface area contributed by atoms with Gasteiger partial charge >= 0.3 is 0 Å². The van der Waals surface area contributed by atoms with Crippen LogP contribution in [0.4, 0.5) is 5.69 Å². The van der Waals surface area contributed by atoms with Crippen molar-refractivity contribution >= 4 is 33.4 Å². The van der Waals surface area contributed by atoms with Crippen molar-refractivity contribution in [1.29, 1.82) is 0 Å². The van der Waals surface area contributed by atoms with Crippen LogP contribution in [0, 0.1) is 12.8 Å². The molecule has 4 nitrogen and oxygen atoms in total. The lowest BCUT2D eigenvalue weighted by Crippen LogP contribution is -2.29. The van der Waals surface area contributed by atoms with Crippen LogP contribution in [0.5, 0.6) is 0 Å². The second kappa shape index (κ2) is 5.20. The first-order valence-corrected chi connectivity index (χ1v) is 7.70. The number of nitrogens with zero attached hydrogens (tertiary/aromatic N) is 1. The number of anilines is 1. The number of carbonyl (C=O) groups is 2. The van der Waals surface area contributed by atoms with E-state index in [-0.39, 0.29) is 17.7 Å². The highest BCUT2D eigenvalue weighted by atomic mass is 79.9. The number of benzene rings is 1. The molecule has 1 aliphatic carbocycles. The lowest BCUT2D eigenvalue weighted by molar-refractivity contribution is -0.128. The molecule has 0 spiro atoms. The van der Waals surface area contributed by atoms with Crippen LogP contribution in [0.2, 0.25) is 0 Å². The van der Waals surface area contributed by atoms with E-state index in [2.05, 4.69) is 21.2 Å². The van der Waals surface area contributed by atoms with Crippen LogP contribution in [0.25, 0.3) is 0 Å². The Hall–Kier alpha value is -1.36. The summed E-state index contributed by atoms with van der Waals surface area (Å²) in [6.07, 6.45) is 2.52. The van der Waals surface area contributed by atoms with Gasteiger partial charge < -0.3 is 10.2 Å². The number of hydrogen-bond donors (Lipinski definition) is 1. The molecule has 2 aliphatic rings. The van der Waals surface area contributed by atoms with E-state index in [9.17, 15) is 9.59 Å². The van der Waals surface area contributed by atoms with Gasteiger partial charge in [-0.3, -0.25) is 9.59 Å². The van der Waals surface area contributed by atoms with Gasteiger partial charge in [0.2, 0.25) is 11.8 Å². The Balaban J connectivity index is 1.64. The third-order valence-electron chi connectivity index (χ3n) is 3.94. The minimum absolute atomic E-state index is 0.0526. The van der Waals surface area contributed by atoms with Crippen LogP contribution in [0.3, 0.4) is 0 Å². The molecule has 2 fully saturated rings. The summed E-state index contributed by atoms with van der Waals surface area (Å²) in [5.74, 6) is -0.144. The summed E-state index contributed by atoms with van der Waals surface area (Å²) in [5.41, 5.74) is 1.86. The molecular weight excluding hydrogens is 320 g/mol.